The molecular formula is C28H24F6N8O2. The highest BCUT2D eigenvalue weighted by molar-refractivity contribution is 5.82. The summed E-state index contributed by atoms with van der Waals surface area (Å²) in [6.45, 7) is -0.431. The number of nitrogen functional groups attached to an aromatic ring is 1. The molecule has 0 bridgehead atoms. The molecule has 230 valence electrons. The van der Waals surface area contributed by atoms with Gasteiger partial charge in [0.25, 0.3) is 5.56 Å². The van der Waals surface area contributed by atoms with E-state index in [1.165, 1.54) is 22.8 Å². The van der Waals surface area contributed by atoms with E-state index in [0.717, 1.165) is 18.3 Å². The van der Waals surface area contributed by atoms with Gasteiger partial charge in [-0.1, -0.05) is 6.07 Å². The smallest absolute Gasteiger partial charge is 0.381 e. The van der Waals surface area contributed by atoms with E-state index < -0.39 is 36.2 Å². The molecule has 1 unspecified atom stereocenters. The van der Waals surface area contributed by atoms with Crippen molar-refractivity contribution < 1.29 is 31.1 Å². The standard InChI is InChI=1S/C28H24F6N8O2/c29-27(30,31)15-40-6-3-17(10-23(40)43)21-9-19(13-42-25(21)38-26(35)39-42)20-12-37-41(14-20)24(16-4-7-44-8-5-16)18-1-2-22(36-11-18)28(32,33)34/h1-3,6,9-14,16,24H,4-5,7-8,15H2,(H2,35,39). The van der Waals surface area contributed by atoms with Gasteiger partial charge in [0.1, 0.15) is 12.2 Å². The van der Waals surface area contributed by atoms with E-state index in [1.807, 2.05) is 0 Å². The summed E-state index contributed by atoms with van der Waals surface area (Å²) >= 11 is 0. The van der Waals surface area contributed by atoms with Crippen molar-refractivity contribution in [1.29, 1.82) is 0 Å². The predicted octanol–water partition coefficient (Wildman–Crippen LogP) is 5.00. The van der Waals surface area contributed by atoms with Gasteiger partial charge in [0.05, 0.1) is 12.2 Å². The number of hydrogen-bond acceptors (Lipinski definition) is 7. The highest BCUT2D eigenvalue weighted by Crippen LogP contribution is 2.36. The molecule has 44 heavy (non-hydrogen) atoms. The van der Waals surface area contributed by atoms with Crippen molar-refractivity contribution >= 4 is 11.6 Å². The van der Waals surface area contributed by atoms with E-state index in [-0.39, 0.29) is 17.5 Å². The lowest BCUT2D eigenvalue weighted by molar-refractivity contribution is -0.142. The Kier molecular flexibility index (Phi) is 7.39. The molecule has 5 aromatic rings. The van der Waals surface area contributed by atoms with Crippen LogP contribution in [0.3, 0.4) is 0 Å². The number of ether oxygens (including phenoxy) is 1. The molecule has 0 radical (unpaired) electrons. The number of nitrogens with two attached hydrogens (primary N) is 1. The van der Waals surface area contributed by atoms with E-state index >= 15 is 0 Å². The minimum absolute atomic E-state index is 0.00591. The van der Waals surface area contributed by atoms with E-state index in [1.54, 1.807) is 29.3 Å². The molecule has 5 aromatic heterocycles. The van der Waals surface area contributed by atoms with Crippen LogP contribution in [-0.2, 0) is 17.5 Å². The second-order valence-corrected chi connectivity index (χ2v) is 10.5. The van der Waals surface area contributed by atoms with E-state index in [0.29, 0.717) is 58.4 Å². The molecule has 0 spiro atoms. The van der Waals surface area contributed by atoms with Crippen molar-refractivity contribution in [3.63, 3.8) is 0 Å². The number of pyridine rings is 3. The van der Waals surface area contributed by atoms with E-state index in [9.17, 15) is 31.1 Å². The first kappa shape index (κ1) is 29.3. The summed E-state index contributed by atoms with van der Waals surface area (Å²) in [7, 11) is 0. The summed E-state index contributed by atoms with van der Waals surface area (Å²) in [5, 5.41) is 8.73. The quantitative estimate of drug-likeness (QED) is 0.266. The Morgan fingerprint density at radius 3 is 2.41 bits per heavy atom. The fraction of sp³-hybridized carbons (Fsp3) is 0.321. The third-order valence-electron chi connectivity index (χ3n) is 7.46. The second kappa shape index (κ2) is 11.1. The van der Waals surface area contributed by atoms with Gasteiger partial charge < -0.3 is 15.0 Å². The molecule has 0 aromatic carbocycles. The molecule has 1 atom stereocenters. The maximum atomic E-state index is 13.2. The molecule has 2 N–H and O–H groups in total. The van der Waals surface area contributed by atoms with Crippen LogP contribution in [-0.4, -0.2) is 53.3 Å². The highest BCUT2D eigenvalue weighted by atomic mass is 19.4. The van der Waals surface area contributed by atoms with Crippen LogP contribution in [0.15, 0.2) is 66.1 Å². The highest BCUT2D eigenvalue weighted by Gasteiger charge is 2.34. The maximum absolute atomic E-state index is 13.2. The molecule has 1 aliphatic heterocycles. The molecular weight excluding hydrogens is 594 g/mol. The largest absolute Gasteiger partial charge is 0.433 e. The number of hydrogen-bond donors (Lipinski definition) is 1. The van der Waals surface area contributed by atoms with Crippen LogP contribution < -0.4 is 11.3 Å². The zero-order valence-electron chi connectivity index (χ0n) is 22.8. The summed E-state index contributed by atoms with van der Waals surface area (Å²) in [6.07, 6.45) is -0.589. The number of aromatic nitrogens is 7. The monoisotopic (exact) mass is 618 g/mol. The van der Waals surface area contributed by atoms with Crippen LogP contribution in [0.1, 0.15) is 30.1 Å². The molecule has 1 fully saturated rings. The number of halogens is 6. The minimum atomic E-state index is -4.57. The molecule has 1 saturated heterocycles. The lowest BCUT2D eigenvalue weighted by Crippen LogP contribution is -2.27. The average molecular weight is 619 g/mol. The first-order chi connectivity index (χ1) is 20.9. The van der Waals surface area contributed by atoms with Gasteiger partial charge in [-0.25, -0.2) is 4.52 Å². The summed E-state index contributed by atoms with van der Waals surface area (Å²) in [5.41, 5.74) is 6.69. The van der Waals surface area contributed by atoms with Crippen LogP contribution in [0, 0.1) is 5.92 Å². The van der Waals surface area contributed by atoms with Gasteiger partial charge in [-0.05, 0) is 48.1 Å². The zero-order chi connectivity index (χ0) is 31.2. The fourth-order valence-electron chi connectivity index (χ4n) is 5.43. The molecule has 6 rings (SSSR count). The normalized spacial score (nSPS) is 15.6. The van der Waals surface area contributed by atoms with Crippen molar-refractivity contribution in [2.75, 3.05) is 18.9 Å². The summed E-state index contributed by atoms with van der Waals surface area (Å²) in [5.74, 6) is -0.0507. The summed E-state index contributed by atoms with van der Waals surface area (Å²) in [4.78, 5) is 20.4. The zero-order valence-corrected chi connectivity index (χ0v) is 22.8. The lowest BCUT2D eigenvalue weighted by Gasteiger charge is -2.30. The molecule has 0 saturated carbocycles. The van der Waals surface area contributed by atoms with Gasteiger partial charge in [0.15, 0.2) is 5.65 Å². The fourth-order valence-corrected chi connectivity index (χ4v) is 5.43. The van der Waals surface area contributed by atoms with Crippen LogP contribution in [0.2, 0.25) is 0 Å². The van der Waals surface area contributed by atoms with Crippen LogP contribution in [0.5, 0.6) is 0 Å². The second-order valence-electron chi connectivity index (χ2n) is 10.5. The predicted molar refractivity (Wildman–Crippen MR) is 145 cm³/mol. The number of fused-ring (bicyclic) bond motifs is 1. The molecule has 1 aliphatic rings. The maximum Gasteiger partial charge on any atom is 0.433 e. The van der Waals surface area contributed by atoms with Crippen LogP contribution in [0.25, 0.3) is 27.9 Å². The third kappa shape index (κ3) is 6.02. The van der Waals surface area contributed by atoms with Gasteiger partial charge in [0, 0.05) is 60.8 Å². The SMILES string of the molecule is Nc1nc2c(-c3ccn(CC(F)(F)F)c(=O)c3)cc(-c3cnn(C(c4ccc(C(F)(F)F)nc4)C4CCOCC4)c3)cn2n1. The van der Waals surface area contributed by atoms with Crippen molar-refractivity contribution in [2.24, 2.45) is 5.92 Å². The Morgan fingerprint density at radius 1 is 0.977 bits per heavy atom. The van der Waals surface area contributed by atoms with Crippen LogP contribution >= 0.6 is 0 Å². The summed E-state index contributed by atoms with van der Waals surface area (Å²) < 4.78 is 87.3. The van der Waals surface area contributed by atoms with Gasteiger partial charge >= 0.3 is 12.4 Å². The van der Waals surface area contributed by atoms with E-state index in [4.69, 9.17) is 10.5 Å². The molecule has 0 aliphatic carbocycles. The van der Waals surface area contributed by atoms with Crippen molar-refractivity contribution in [3.05, 3.63) is 82.9 Å². The molecule has 0 amide bonds. The van der Waals surface area contributed by atoms with Crippen molar-refractivity contribution in [2.45, 2.75) is 37.8 Å². The molecule has 10 nitrogen and oxygen atoms in total. The number of anilines is 1. The van der Waals surface area contributed by atoms with E-state index in [2.05, 4.69) is 20.2 Å². The Balaban J connectivity index is 1.40. The first-order valence-corrected chi connectivity index (χ1v) is 13.4. The van der Waals surface area contributed by atoms with Crippen molar-refractivity contribution in [1.82, 2.24) is 33.9 Å². The van der Waals surface area contributed by atoms with Gasteiger partial charge in [0.2, 0.25) is 5.95 Å². The van der Waals surface area contributed by atoms with Crippen molar-refractivity contribution in [3.8, 4) is 22.3 Å². The third-order valence-corrected chi connectivity index (χ3v) is 7.46. The number of rotatable bonds is 6. The van der Waals surface area contributed by atoms with Gasteiger partial charge in [-0.2, -0.15) is 36.4 Å². The van der Waals surface area contributed by atoms with Gasteiger partial charge in [-0.3, -0.25) is 14.5 Å². The Labute approximate surface area is 244 Å². The minimum Gasteiger partial charge on any atom is -0.381 e. The molecule has 16 heteroatoms. The number of nitrogens with zero attached hydrogens (tertiary/aromatic N) is 7. The topological polar surface area (TPSA) is 118 Å². The van der Waals surface area contributed by atoms with Gasteiger partial charge in [-0.15, -0.1) is 5.10 Å². The Hall–Kier alpha value is -4.73. The first-order valence-electron chi connectivity index (χ1n) is 13.4. The average Bonchev–Trinajstić information content (AvgIpc) is 3.60. The molecule has 6 heterocycles. The number of alkyl halides is 6. The lowest BCUT2D eigenvalue weighted by atomic mass is 9.87. The Bertz CT molecular complexity index is 1850. The summed E-state index contributed by atoms with van der Waals surface area (Å²) in [6, 6.07) is 6.06. The van der Waals surface area contributed by atoms with Crippen LogP contribution in [0.4, 0.5) is 32.3 Å². The Morgan fingerprint density at radius 2 is 1.75 bits per heavy atom.